The number of rotatable bonds is 1. The molecule has 4 nitrogen and oxygen atoms in total. The maximum Gasteiger partial charge on any atom is 0.222 e. The first kappa shape index (κ1) is 10.4. The van der Waals surface area contributed by atoms with Gasteiger partial charge in [-0.2, -0.15) is 4.98 Å². The average molecular weight is 247 g/mol. The molecule has 0 atom stereocenters. The second-order valence-corrected chi connectivity index (χ2v) is 4.34. The van der Waals surface area contributed by atoms with Crippen LogP contribution >= 0.6 is 11.6 Å². The molecule has 2 aromatic rings. The van der Waals surface area contributed by atoms with E-state index < -0.39 is 0 Å². The van der Waals surface area contributed by atoms with E-state index in [-0.39, 0.29) is 5.95 Å². The first-order valence-corrected chi connectivity index (χ1v) is 5.77. The molecule has 86 valence electrons. The van der Waals surface area contributed by atoms with Gasteiger partial charge in [0, 0.05) is 12.2 Å². The monoisotopic (exact) mass is 246 g/mol. The van der Waals surface area contributed by atoms with Crippen LogP contribution in [0.2, 0.25) is 5.02 Å². The van der Waals surface area contributed by atoms with E-state index in [1.165, 1.54) is 5.56 Å². The number of nitrogen functional groups attached to an aromatic ring is 1. The van der Waals surface area contributed by atoms with Gasteiger partial charge in [-0.1, -0.05) is 29.8 Å². The SMILES string of the molecule is Nc1ncc(Cl)c(N2CCc3ccccc32)n1. The van der Waals surface area contributed by atoms with Crippen molar-refractivity contribution in [1.82, 2.24) is 9.97 Å². The molecule has 0 radical (unpaired) electrons. The third-order valence-electron chi connectivity index (χ3n) is 2.89. The minimum atomic E-state index is 0.244. The van der Waals surface area contributed by atoms with Crippen LogP contribution in [-0.2, 0) is 6.42 Å². The standard InChI is InChI=1S/C12H11ClN4/c13-9-7-15-12(14)16-11(9)17-6-5-8-3-1-2-4-10(8)17/h1-4,7H,5-6H2,(H2,14,15,16). The highest BCUT2D eigenvalue weighted by atomic mass is 35.5. The zero-order chi connectivity index (χ0) is 11.8. The van der Waals surface area contributed by atoms with Crippen molar-refractivity contribution in [2.75, 3.05) is 17.2 Å². The Bertz CT molecular complexity index is 570. The Morgan fingerprint density at radius 2 is 2.12 bits per heavy atom. The molecule has 0 saturated heterocycles. The topological polar surface area (TPSA) is 55.0 Å². The van der Waals surface area contributed by atoms with Gasteiger partial charge in [-0.15, -0.1) is 0 Å². The number of hydrogen-bond donors (Lipinski definition) is 1. The summed E-state index contributed by atoms with van der Waals surface area (Å²) in [6, 6.07) is 8.23. The Morgan fingerprint density at radius 1 is 1.29 bits per heavy atom. The molecule has 0 fully saturated rings. The highest BCUT2D eigenvalue weighted by Crippen LogP contribution is 2.36. The van der Waals surface area contributed by atoms with Crippen LogP contribution in [-0.4, -0.2) is 16.5 Å². The van der Waals surface area contributed by atoms with Gasteiger partial charge in [0.25, 0.3) is 0 Å². The number of hydrogen-bond acceptors (Lipinski definition) is 4. The number of para-hydroxylation sites is 1. The smallest absolute Gasteiger partial charge is 0.222 e. The van der Waals surface area contributed by atoms with E-state index in [2.05, 4.69) is 27.0 Å². The van der Waals surface area contributed by atoms with Crippen molar-refractivity contribution in [1.29, 1.82) is 0 Å². The van der Waals surface area contributed by atoms with Gasteiger partial charge in [-0.05, 0) is 18.1 Å². The molecule has 0 saturated carbocycles. The molecule has 2 N–H and O–H groups in total. The van der Waals surface area contributed by atoms with Crippen LogP contribution in [0, 0.1) is 0 Å². The van der Waals surface area contributed by atoms with Gasteiger partial charge in [0.15, 0.2) is 5.82 Å². The maximum atomic E-state index is 6.12. The van der Waals surface area contributed by atoms with Crippen molar-refractivity contribution >= 4 is 29.1 Å². The first-order valence-electron chi connectivity index (χ1n) is 5.39. The third kappa shape index (κ3) is 1.70. The minimum absolute atomic E-state index is 0.244. The quantitative estimate of drug-likeness (QED) is 0.840. The Morgan fingerprint density at radius 3 is 3.00 bits per heavy atom. The summed E-state index contributed by atoms with van der Waals surface area (Å²) in [7, 11) is 0. The number of nitrogens with two attached hydrogens (primary N) is 1. The lowest BCUT2D eigenvalue weighted by molar-refractivity contribution is 0.968. The fraction of sp³-hybridized carbons (Fsp3) is 0.167. The van der Waals surface area contributed by atoms with E-state index in [4.69, 9.17) is 17.3 Å². The molecule has 3 rings (SSSR count). The number of halogens is 1. The summed E-state index contributed by atoms with van der Waals surface area (Å²) < 4.78 is 0. The average Bonchev–Trinajstić information content (AvgIpc) is 2.76. The molecule has 1 aliphatic rings. The molecule has 1 aliphatic heterocycles. The highest BCUT2D eigenvalue weighted by Gasteiger charge is 2.22. The predicted octanol–water partition coefficient (Wildman–Crippen LogP) is 2.41. The van der Waals surface area contributed by atoms with E-state index in [1.807, 2.05) is 12.1 Å². The predicted molar refractivity (Wildman–Crippen MR) is 68.6 cm³/mol. The summed E-state index contributed by atoms with van der Waals surface area (Å²) in [6.45, 7) is 0.871. The van der Waals surface area contributed by atoms with E-state index in [1.54, 1.807) is 6.20 Å². The molecule has 1 aromatic heterocycles. The number of benzene rings is 1. The zero-order valence-corrected chi connectivity index (χ0v) is 9.85. The van der Waals surface area contributed by atoms with Crippen molar-refractivity contribution in [2.24, 2.45) is 0 Å². The van der Waals surface area contributed by atoms with Crippen LogP contribution in [0.4, 0.5) is 17.5 Å². The molecular formula is C12H11ClN4. The van der Waals surface area contributed by atoms with Crippen molar-refractivity contribution in [2.45, 2.75) is 6.42 Å². The number of aromatic nitrogens is 2. The lowest BCUT2D eigenvalue weighted by Crippen LogP contribution is -2.16. The Hall–Kier alpha value is -1.81. The maximum absolute atomic E-state index is 6.12. The van der Waals surface area contributed by atoms with E-state index in [0.717, 1.165) is 18.7 Å². The van der Waals surface area contributed by atoms with Crippen LogP contribution in [0.1, 0.15) is 5.56 Å². The Balaban J connectivity index is 2.10. The molecular weight excluding hydrogens is 236 g/mol. The Labute approximate surface area is 104 Å². The summed E-state index contributed by atoms with van der Waals surface area (Å²) in [4.78, 5) is 10.2. The molecule has 5 heteroatoms. The lowest BCUT2D eigenvalue weighted by atomic mass is 10.2. The summed E-state index contributed by atoms with van der Waals surface area (Å²) in [6.07, 6.45) is 2.54. The van der Waals surface area contributed by atoms with Crippen LogP contribution in [0.3, 0.4) is 0 Å². The van der Waals surface area contributed by atoms with Gasteiger partial charge in [0.1, 0.15) is 5.02 Å². The molecule has 17 heavy (non-hydrogen) atoms. The van der Waals surface area contributed by atoms with Gasteiger partial charge >= 0.3 is 0 Å². The van der Waals surface area contributed by atoms with Crippen molar-refractivity contribution < 1.29 is 0 Å². The molecule has 1 aromatic carbocycles. The molecule has 2 heterocycles. The summed E-state index contributed by atoms with van der Waals surface area (Å²) in [5, 5.41) is 0.524. The van der Waals surface area contributed by atoms with Crippen LogP contribution in [0.15, 0.2) is 30.5 Å². The Kier molecular flexibility index (Phi) is 2.37. The fourth-order valence-corrected chi connectivity index (χ4v) is 2.31. The lowest BCUT2D eigenvalue weighted by Gasteiger charge is -2.19. The molecule has 0 spiro atoms. The summed E-state index contributed by atoms with van der Waals surface area (Å²) in [5.41, 5.74) is 8.06. The fourth-order valence-electron chi connectivity index (χ4n) is 2.12. The van der Waals surface area contributed by atoms with Gasteiger partial charge in [0.2, 0.25) is 5.95 Å². The van der Waals surface area contributed by atoms with Crippen molar-refractivity contribution in [3.05, 3.63) is 41.0 Å². The molecule has 0 bridgehead atoms. The van der Waals surface area contributed by atoms with E-state index >= 15 is 0 Å². The second-order valence-electron chi connectivity index (χ2n) is 3.93. The van der Waals surface area contributed by atoms with Crippen LogP contribution in [0.25, 0.3) is 0 Å². The van der Waals surface area contributed by atoms with Gasteiger partial charge < -0.3 is 10.6 Å². The normalized spacial score (nSPS) is 13.8. The zero-order valence-electron chi connectivity index (χ0n) is 9.10. The summed E-state index contributed by atoms with van der Waals surface area (Å²) >= 11 is 6.12. The minimum Gasteiger partial charge on any atom is -0.368 e. The summed E-state index contributed by atoms with van der Waals surface area (Å²) in [5.74, 6) is 0.929. The number of nitrogens with zero attached hydrogens (tertiary/aromatic N) is 3. The van der Waals surface area contributed by atoms with Crippen LogP contribution < -0.4 is 10.6 Å². The van der Waals surface area contributed by atoms with Gasteiger partial charge in [-0.3, -0.25) is 0 Å². The van der Waals surface area contributed by atoms with Crippen molar-refractivity contribution in [3.63, 3.8) is 0 Å². The van der Waals surface area contributed by atoms with E-state index in [0.29, 0.717) is 10.8 Å². The largest absolute Gasteiger partial charge is 0.368 e. The molecule has 0 aliphatic carbocycles. The van der Waals surface area contributed by atoms with Crippen molar-refractivity contribution in [3.8, 4) is 0 Å². The second kappa shape index (κ2) is 3.89. The number of anilines is 3. The third-order valence-corrected chi connectivity index (χ3v) is 3.15. The van der Waals surface area contributed by atoms with Gasteiger partial charge in [-0.25, -0.2) is 4.98 Å². The first-order chi connectivity index (χ1) is 8.25. The van der Waals surface area contributed by atoms with Crippen LogP contribution in [0.5, 0.6) is 0 Å². The van der Waals surface area contributed by atoms with Gasteiger partial charge in [0.05, 0.1) is 6.20 Å². The number of fused-ring (bicyclic) bond motifs is 1. The highest BCUT2D eigenvalue weighted by molar-refractivity contribution is 6.33. The molecule has 0 unspecified atom stereocenters. The molecule has 0 amide bonds. The van der Waals surface area contributed by atoms with E-state index in [9.17, 15) is 0 Å².